The maximum Gasteiger partial charge on any atom is 0.262 e. The molecule has 0 aliphatic heterocycles. The van der Waals surface area contributed by atoms with Crippen LogP contribution in [0.25, 0.3) is 0 Å². The SMILES string of the molecule is C=CC(C#N)NC(=O)C(C)Oc1ccccc1. The highest BCUT2D eigenvalue weighted by molar-refractivity contribution is 5.81. The molecule has 1 N–H and O–H groups in total. The van der Waals surface area contributed by atoms with Crippen molar-refractivity contribution in [1.29, 1.82) is 5.26 Å². The van der Waals surface area contributed by atoms with E-state index in [2.05, 4.69) is 11.9 Å². The molecule has 2 unspecified atom stereocenters. The quantitative estimate of drug-likeness (QED) is 0.782. The lowest BCUT2D eigenvalue weighted by atomic mass is 10.3. The van der Waals surface area contributed by atoms with Crippen LogP contribution in [-0.4, -0.2) is 18.1 Å². The van der Waals surface area contributed by atoms with Crippen molar-refractivity contribution in [3.8, 4) is 11.8 Å². The van der Waals surface area contributed by atoms with E-state index in [1.165, 1.54) is 6.08 Å². The van der Waals surface area contributed by atoms with Crippen molar-refractivity contribution in [1.82, 2.24) is 5.32 Å². The van der Waals surface area contributed by atoms with E-state index in [9.17, 15) is 4.79 Å². The molecule has 1 aromatic rings. The Balaban J connectivity index is 2.53. The van der Waals surface area contributed by atoms with Crippen LogP contribution in [0.3, 0.4) is 0 Å². The number of nitrogens with zero attached hydrogens (tertiary/aromatic N) is 1. The summed E-state index contributed by atoms with van der Waals surface area (Å²) in [4.78, 5) is 11.6. The standard InChI is InChI=1S/C13H14N2O2/c1-3-11(9-14)15-13(16)10(2)17-12-7-5-4-6-8-12/h3-8,10-11H,1H2,2H3,(H,15,16). The summed E-state index contributed by atoms with van der Waals surface area (Å²) < 4.78 is 5.41. The molecule has 0 fully saturated rings. The van der Waals surface area contributed by atoms with E-state index in [1.54, 1.807) is 19.1 Å². The largest absolute Gasteiger partial charge is 0.481 e. The number of hydrogen-bond acceptors (Lipinski definition) is 3. The molecule has 1 rings (SSSR count). The van der Waals surface area contributed by atoms with Gasteiger partial charge in [-0.25, -0.2) is 0 Å². The number of amides is 1. The van der Waals surface area contributed by atoms with Crippen molar-refractivity contribution in [2.45, 2.75) is 19.1 Å². The first-order valence-corrected chi connectivity index (χ1v) is 5.21. The minimum atomic E-state index is -0.690. The van der Waals surface area contributed by atoms with Crippen LogP contribution in [-0.2, 0) is 4.79 Å². The Morgan fingerprint density at radius 2 is 2.18 bits per heavy atom. The Kier molecular flexibility index (Phi) is 4.77. The zero-order chi connectivity index (χ0) is 12.7. The zero-order valence-electron chi connectivity index (χ0n) is 9.59. The van der Waals surface area contributed by atoms with Crippen LogP contribution in [0.5, 0.6) is 5.75 Å². The molecular formula is C13H14N2O2. The van der Waals surface area contributed by atoms with Crippen molar-refractivity contribution in [3.63, 3.8) is 0 Å². The molecule has 0 aliphatic carbocycles. The molecule has 0 spiro atoms. The minimum Gasteiger partial charge on any atom is -0.481 e. The summed E-state index contributed by atoms with van der Waals surface area (Å²) in [5.74, 6) is 0.266. The second-order valence-corrected chi connectivity index (χ2v) is 3.42. The third-order valence-electron chi connectivity index (χ3n) is 2.10. The summed E-state index contributed by atoms with van der Waals surface area (Å²) in [6, 6.07) is 10.2. The highest BCUT2D eigenvalue weighted by atomic mass is 16.5. The van der Waals surface area contributed by atoms with Gasteiger partial charge >= 0.3 is 0 Å². The van der Waals surface area contributed by atoms with Gasteiger partial charge in [-0.15, -0.1) is 0 Å². The molecule has 0 aromatic heterocycles. The van der Waals surface area contributed by atoms with Gasteiger partial charge < -0.3 is 10.1 Å². The van der Waals surface area contributed by atoms with Gasteiger partial charge in [0, 0.05) is 0 Å². The summed E-state index contributed by atoms with van der Waals surface area (Å²) in [7, 11) is 0. The van der Waals surface area contributed by atoms with Crippen molar-refractivity contribution in [2.75, 3.05) is 0 Å². The minimum absolute atomic E-state index is 0.347. The van der Waals surface area contributed by atoms with E-state index in [1.807, 2.05) is 24.3 Å². The maximum atomic E-state index is 11.6. The van der Waals surface area contributed by atoms with Gasteiger partial charge in [0.25, 0.3) is 5.91 Å². The molecule has 0 radical (unpaired) electrons. The van der Waals surface area contributed by atoms with E-state index in [0.29, 0.717) is 5.75 Å². The lowest BCUT2D eigenvalue weighted by Gasteiger charge is -2.15. The van der Waals surface area contributed by atoms with Gasteiger partial charge in [-0.05, 0) is 19.1 Å². The molecule has 2 atom stereocenters. The lowest BCUT2D eigenvalue weighted by molar-refractivity contribution is -0.127. The predicted octanol–water partition coefficient (Wildman–Crippen LogP) is 1.65. The lowest BCUT2D eigenvalue weighted by Crippen LogP contribution is -2.41. The fourth-order valence-corrected chi connectivity index (χ4v) is 1.17. The molecule has 88 valence electrons. The topological polar surface area (TPSA) is 62.1 Å². The molecule has 0 heterocycles. The number of para-hydroxylation sites is 1. The summed E-state index contributed by atoms with van der Waals surface area (Å²) >= 11 is 0. The normalized spacial score (nSPS) is 12.9. The Bertz CT molecular complexity index is 423. The average molecular weight is 230 g/mol. The monoisotopic (exact) mass is 230 g/mol. The number of carbonyl (C=O) groups is 1. The Labute approximate surface area is 101 Å². The second-order valence-electron chi connectivity index (χ2n) is 3.42. The van der Waals surface area contributed by atoms with Gasteiger partial charge in [0.2, 0.25) is 0 Å². The Hall–Kier alpha value is -2.28. The van der Waals surface area contributed by atoms with Gasteiger partial charge in [0.05, 0.1) is 6.07 Å². The number of nitrogens with one attached hydrogen (secondary N) is 1. The highest BCUT2D eigenvalue weighted by Crippen LogP contribution is 2.10. The second kappa shape index (κ2) is 6.33. The number of benzene rings is 1. The first-order chi connectivity index (χ1) is 8.17. The number of ether oxygens (including phenoxy) is 1. The molecule has 1 amide bonds. The maximum absolute atomic E-state index is 11.6. The van der Waals surface area contributed by atoms with Crippen molar-refractivity contribution in [2.24, 2.45) is 0 Å². The van der Waals surface area contributed by atoms with Gasteiger partial charge in [0.1, 0.15) is 11.8 Å². The molecule has 1 aromatic carbocycles. The van der Waals surface area contributed by atoms with E-state index < -0.39 is 12.1 Å². The van der Waals surface area contributed by atoms with E-state index in [0.717, 1.165) is 0 Å². The highest BCUT2D eigenvalue weighted by Gasteiger charge is 2.16. The molecule has 0 saturated carbocycles. The van der Waals surface area contributed by atoms with E-state index in [-0.39, 0.29) is 5.91 Å². The van der Waals surface area contributed by atoms with Crippen LogP contribution in [0.1, 0.15) is 6.92 Å². The van der Waals surface area contributed by atoms with E-state index >= 15 is 0 Å². The van der Waals surface area contributed by atoms with Crippen molar-refractivity contribution in [3.05, 3.63) is 43.0 Å². The number of hydrogen-bond donors (Lipinski definition) is 1. The summed E-state index contributed by atoms with van der Waals surface area (Å²) in [6.45, 7) is 5.08. The molecule has 4 heteroatoms. The fraction of sp³-hybridized carbons (Fsp3) is 0.231. The summed E-state index contributed by atoms with van der Waals surface area (Å²) in [5, 5.41) is 11.2. The number of rotatable bonds is 5. The smallest absolute Gasteiger partial charge is 0.262 e. The number of carbonyl (C=O) groups excluding carboxylic acids is 1. The van der Waals surface area contributed by atoms with Crippen molar-refractivity contribution < 1.29 is 9.53 Å². The first kappa shape index (κ1) is 12.8. The fourth-order valence-electron chi connectivity index (χ4n) is 1.17. The molecule has 0 saturated heterocycles. The third-order valence-corrected chi connectivity index (χ3v) is 2.10. The van der Waals surface area contributed by atoms with Crippen LogP contribution < -0.4 is 10.1 Å². The van der Waals surface area contributed by atoms with Gasteiger partial charge in [-0.3, -0.25) is 4.79 Å². The third kappa shape index (κ3) is 3.99. The van der Waals surface area contributed by atoms with Crippen LogP contribution in [0.4, 0.5) is 0 Å². The first-order valence-electron chi connectivity index (χ1n) is 5.21. The van der Waals surface area contributed by atoms with Crippen LogP contribution in [0.2, 0.25) is 0 Å². The molecular weight excluding hydrogens is 216 g/mol. The number of nitriles is 1. The van der Waals surface area contributed by atoms with Gasteiger partial charge in [-0.2, -0.15) is 5.26 Å². The molecule has 0 aliphatic rings. The Morgan fingerprint density at radius 1 is 1.53 bits per heavy atom. The van der Waals surface area contributed by atoms with Crippen LogP contribution >= 0.6 is 0 Å². The van der Waals surface area contributed by atoms with Crippen LogP contribution in [0, 0.1) is 11.3 Å². The average Bonchev–Trinajstić information content (AvgIpc) is 2.36. The Morgan fingerprint density at radius 3 is 2.71 bits per heavy atom. The molecule has 0 bridgehead atoms. The summed E-state index contributed by atoms with van der Waals surface area (Å²) in [6.07, 6.45) is 0.709. The summed E-state index contributed by atoms with van der Waals surface area (Å²) in [5.41, 5.74) is 0. The van der Waals surface area contributed by atoms with Crippen molar-refractivity contribution >= 4 is 5.91 Å². The molecule has 4 nitrogen and oxygen atoms in total. The van der Waals surface area contributed by atoms with E-state index in [4.69, 9.17) is 10.00 Å². The zero-order valence-corrected chi connectivity index (χ0v) is 9.59. The molecule has 17 heavy (non-hydrogen) atoms. The van der Waals surface area contributed by atoms with Crippen LogP contribution in [0.15, 0.2) is 43.0 Å². The predicted molar refractivity (Wildman–Crippen MR) is 64.3 cm³/mol. The van der Waals surface area contributed by atoms with Gasteiger partial charge in [-0.1, -0.05) is 30.9 Å². The van der Waals surface area contributed by atoms with Gasteiger partial charge in [0.15, 0.2) is 6.10 Å².